The molecule has 0 aromatic rings. The Bertz CT molecular complexity index is 1040. The molecule has 11 heteroatoms. The molecular weight excluding hydrogens is 552 g/mol. The monoisotopic (exact) mass is 606 g/mol. The highest BCUT2D eigenvalue weighted by Crippen LogP contribution is 2.32. The number of nitrogens with one attached hydrogen (secondary N) is 4. The van der Waals surface area contributed by atoms with E-state index in [1.165, 1.54) is 12.2 Å². The van der Waals surface area contributed by atoms with Gasteiger partial charge in [-0.25, -0.2) is 4.79 Å². The summed E-state index contributed by atoms with van der Waals surface area (Å²) in [5.41, 5.74) is -0.198. The third kappa shape index (κ3) is 13.4. The van der Waals surface area contributed by atoms with Gasteiger partial charge in [-0.15, -0.1) is 0 Å². The number of hydrogen-bond donors (Lipinski definition) is 5. The third-order valence-electron chi connectivity index (χ3n) is 7.31. The summed E-state index contributed by atoms with van der Waals surface area (Å²) in [5.74, 6) is -2.91. The maximum absolute atomic E-state index is 13.7. The van der Waals surface area contributed by atoms with Crippen LogP contribution in [0.15, 0.2) is 23.8 Å². The molecule has 0 radical (unpaired) electrons. The van der Waals surface area contributed by atoms with Crippen LogP contribution in [0.3, 0.4) is 0 Å². The molecule has 244 valence electrons. The summed E-state index contributed by atoms with van der Waals surface area (Å²) >= 11 is 0. The molecule has 0 aromatic heterocycles. The zero-order valence-electron chi connectivity index (χ0n) is 27.5. The minimum Gasteiger partial charge on any atom is -0.463 e. The second-order valence-corrected chi connectivity index (χ2v) is 13.2. The predicted molar refractivity (Wildman–Crippen MR) is 166 cm³/mol. The number of carbonyl (C=O) groups excluding carboxylic acids is 5. The topological polar surface area (TPSA) is 163 Å². The van der Waals surface area contributed by atoms with Crippen LogP contribution in [0.25, 0.3) is 0 Å². The van der Waals surface area contributed by atoms with E-state index >= 15 is 0 Å². The van der Waals surface area contributed by atoms with Gasteiger partial charge >= 0.3 is 5.97 Å². The highest BCUT2D eigenvalue weighted by Gasteiger charge is 2.40. The number of amides is 3. The smallest absolute Gasteiger partial charge is 0.330 e. The van der Waals surface area contributed by atoms with Gasteiger partial charge in [-0.05, 0) is 66.7 Å². The Hall–Kier alpha value is -3.05. The molecular formula is C32H54N4O7. The van der Waals surface area contributed by atoms with E-state index < -0.39 is 59.4 Å². The Labute approximate surface area is 257 Å². The summed E-state index contributed by atoms with van der Waals surface area (Å²) in [6, 6.07) is -2.43. The van der Waals surface area contributed by atoms with E-state index in [1.807, 2.05) is 61.5 Å². The zero-order chi connectivity index (χ0) is 33.0. The van der Waals surface area contributed by atoms with Gasteiger partial charge in [-0.1, -0.05) is 38.5 Å². The fourth-order valence-electron chi connectivity index (χ4n) is 4.93. The summed E-state index contributed by atoms with van der Waals surface area (Å²) in [6.45, 7) is 16.8. The lowest BCUT2D eigenvalue weighted by atomic mass is 9.81. The Balaban J connectivity index is 3.21. The van der Waals surface area contributed by atoms with Crippen LogP contribution in [0.5, 0.6) is 0 Å². The normalized spacial score (nSPS) is 19.7. The number of esters is 1. The molecule has 1 aliphatic rings. The Morgan fingerprint density at radius 3 is 2.26 bits per heavy atom. The molecule has 1 fully saturated rings. The quantitative estimate of drug-likeness (QED) is 0.0957. The number of carbonyl (C=O) groups is 5. The molecule has 1 aliphatic heterocycles. The van der Waals surface area contributed by atoms with E-state index in [0.717, 1.165) is 5.57 Å². The minimum atomic E-state index is -0.903. The van der Waals surface area contributed by atoms with Crippen LogP contribution in [0.4, 0.5) is 0 Å². The van der Waals surface area contributed by atoms with Gasteiger partial charge < -0.3 is 25.8 Å². The van der Waals surface area contributed by atoms with Gasteiger partial charge in [0.15, 0.2) is 5.78 Å². The van der Waals surface area contributed by atoms with Crippen LogP contribution in [0, 0.1) is 17.3 Å². The standard InChI is InChI=1S/C32H54N4O7/c1-10-43-26(39)14-13-23(18-32(9)15-16-33-30(32)42)34-28(40)22(12-11-20(2)3)17-25(38)27(21(4)5)35-29(41)24(19-37)36-31(6,7)8/h11,13-14,21-24,27,36-37H,10,12,15-19H2,1-9H3,(H,33,42)(H,34,40)(H,35,41)/b14-13+/t22-,23-,24+,27+,32+/m1/s1. The molecule has 5 N–H and O–H groups in total. The molecule has 0 unspecified atom stereocenters. The summed E-state index contributed by atoms with van der Waals surface area (Å²) in [4.78, 5) is 64.9. The second-order valence-electron chi connectivity index (χ2n) is 13.2. The number of ketones is 1. The highest BCUT2D eigenvalue weighted by atomic mass is 16.5. The first-order chi connectivity index (χ1) is 19.9. The first-order valence-electron chi connectivity index (χ1n) is 15.2. The number of allylic oxidation sites excluding steroid dienone is 2. The molecule has 1 rings (SSSR count). The molecule has 1 heterocycles. The van der Waals surface area contributed by atoms with Gasteiger partial charge in [0, 0.05) is 36.5 Å². The van der Waals surface area contributed by atoms with Crippen molar-refractivity contribution in [3.63, 3.8) is 0 Å². The van der Waals surface area contributed by atoms with E-state index in [0.29, 0.717) is 13.0 Å². The lowest BCUT2D eigenvalue weighted by Gasteiger charge is -2.30. The second kappa shape index (κ2) is 17.3. The lowest BCUT2D eigenvalue weighted by molar-refractivity contribution is -0.137. The van der Waals surface area contributed by atoms with E-state index in [2.05, 4.69) is 21.3 Å². The zero-order valence-corrected chi connectivity index (χ0v) is 27.5. The predicted octanol–water partition coefficient (Wildman–Crippen LogP) is 2.33. The van der Waals surface area contributed by atoms with Crippen LogP contribution in [-0.2, 0) is 28.7 Å². The van der Waals surface area contributed by atoms with Crippen molar-refractivity contribution in [3.05, 3.63) is 23.8 Å². The maximum Gasteiger partial charge on any atom is 0.330 e. The fourth-order valence-corrected chi connectivity index (χ4v) is 4.93. The van der Waals surface area contributed by atoms with E-state index in [1.54, 1.807) is 6.92 Å². The van der Waals surface area contributed by atoms with Crippen molar-refractivity contribution >= 4 is 29.5 Å². The highest BCUT2D eigenvalue weighted by molar-refractivity contribution is 5.94. The summed E-state index contributed by atoms with van der Waals surface area (Å²) in [5, 5.41) is 21.4. The lowest BCUT2D eigenvalue weighted by Crippen LogP contribution is -2.57. The van der Waals surface area contributed by atoms with Crippen molar-refractivity contribution in [3.8, 4) is 0 Å². The summed E-state index contributed by atoms with van der Waals surface area (Å²) < 4.78 is 4.99. The maximum atomic E-state index is 13.7. The molecule has 3 amide bonds. The molecule has 43 heavy (non-hydrogen) atoms. The van der Waals surface area contributed by atoms with E-state index in [4.69, 9.17) is 4.74 Å². The van der Waals surface area contributed by atoms with Gasteiger partial charge in [0.05, 0.1) is 24.7 Å². The molecule has 0 aromatic carbocycles. The van der Waals surface area contributed by atoms with Crippen molar-refractivity contribution in [2.45, 2.75) is 112 Å². The van der Waals surface area contributed by atoms with Crippen LogP contribution in [0.2, 0.25) is 0 Å². The molecule has 11 nitrogen and oxygen atoms in total. The number of hydrogen-bond acceptors (Lipinski definition) is 8. The molecule has 1 saturated heterocycles. The largest absolute Gasteiger partial charge is 0.463 e. The Morgan fingerprint density at radius 1 is 1.12 bits per heavy atom. The first-order valence-corrected chi connectivity index (χ1v) is 15.2. The van der Waals surface area contributed by atoms with Gasteiger partial charge in [-0.2, -0.15) is 0 Å². The van der Waals surface area contributed by atoms with Crippen molar-refractivity contribution in [2.75, 3.05) is 19.8 Å². The number of aliphatic hydroxyl groups is 1. The first kappa shape index (κ1) is 38.0. The summed E-state index contributed by atoms with van der Waals surface area (Å²) in [7, 11) is 0. The van der Waals surface area contributed by atoms with Crippen LogP contribution in [0.1, 0.15) is 88.0 Å². The Kier molecular flexibility index (Phi) is 15.3. The van der Waals surface area contributed by atoms with Crippen molar-refractivity contribution in [1.29, 1.82) is 0 Å². The number of rotatable bonds is 17. The van der Waals surface area contributed by atoms with Crippen molar-refractivity contribution < 1.29 is 33.8 Å². The minimum absolute atomic E-state index is 0.120. The molecule has 0 spiro atoms. The van der Waals surface area contributed by atoms with Crippen LogP contribution >= 0.6 is 0 Å². The number of Topliss-reactive ketones (excluding diaryl/α,β-unsaturated/α-hetero) is 1. The van der Waals surface area contributed by atoms with E-state index in [-0.39, 0.29) is 43.5 Å². The van der Waals surface area contributed by atoms with Gasteiger partial charge in [0.2, 0.25) is 17.7 Å². The van der Waals surface area contributed by atoms with Gasteiger partial charge in [-0.3, -0.25) is 24.5 Å². The number of aliphatic hydroxyl groups excluding tert-OH is 1. The van der Waals surface area contributed by atoms with Crippen LogP contribution in [-0.4, -0.2) is 78.0 Å². The number of ether oxygens (including phenoxy) is 1. The van der Waals surface area contributed by atoms with Crippen molar-refractivity contribution in [1.82, 2.24) is 21.3 Å². The van der Waals surface area contributed by atoms with Gasteiger partial charge in [0.25, 0.3) is 0 Å². The van der Waals surface area contributed by atoms with Crippen LogP contribution < -0.4 is 21.3 Å². The molecule has 5 atom stereocenters. The molecule has 0 bridgehead atoms. The SMILES string of the molecule is CCOC(=O)/C=C/[C@H](C[C@]1(C)CCNC1=O)NC(=O)[C@H](CC=C(C)C)CC(=O)[C@@H](NC(=O)[C@H](CO)NC(C)(C)C)C(C)C. The van der Waals surface area contributed by atoms with Crippen molar-refractivity contribution in [2.24, 2.45) is 17.3 Å². The third-order valence-corrected chi connectivity index (χ3v) is 7.31. The average molecular weight is 607 g/mol. The molecule has 0 saturated carbocycles. The summed E-state index contributed by atoms with van der Waals surface area (Å²) in [6.07, 6.45) is 5.65. The fraction of sp³-hybridized carbons (Fsp3) is 0.719. The van der Waals surface area contributed by atoms with E-state index in [9.17, 15) is 29.1 Å². The van der Waals surface area contributed by atoms with Gasteiger partial charge in [0.1, 0.15) is 6.04 Å². The Morgan fingerprint density at radius 2 is 1.77 bits per heavy atom. The molecule has 0 aliphatic carbocycles. The average Bonchev–Trinajstić information content (AvgIpc) is 3.22.